The van der Waals surface area contributed by atoms with Crippen LogP contribution in [-0.2, 0) is 0 Å². The molecule has 51 valence electrons. The van der Waals surface area contributed by atoms with Gasteiger partial charge in [0.15, 0.2) is 0 Å². The summed E-state index contributed by atoms with van der Waals surface area (Å²) in [6.07, 6.45) is 9.21. The highest BCUT2D eigenvalue weighted by molar-refractivity contribution is 6.19. The highest BCUT2D eigenvalue weighted by Crippen LogP contribution is 2.42. The Labute approximate surface area is 75.8 Å². The second-order valence-corrected chi connectivity index (χ2v) is 4.18. The molecule has 1 rings (SSSR count). The predicted molar refractivity (Wildman–Crippen MR) is 46.3 cm³/mol. The molecular weight excluding hydrogens is 132 g/mol. The molecule has 0 spiro atoms. The van der Waals surface area contributed by atoms with Gasteiger partial charge in [-0.25, -0.2) is 0 Å². The summed E-state index contributed by atoms with van der Waals surface area (Å²) in [4.78, 5) is 0. The van der Waals surface area contributed by atoms with E-state index in [1.807, 2.05) is 0 Å². The molecule has 0 saturated carbocycles. The number of hydrogen-bond acceptors (Lipinski definition) is 0. The van der Waals surface area contributed by atoms with Crippen molar-refractivity contribution in [3.8, 4) is 0 Å². The summed E-state index contributed by atoms with van der Waals surface area (Å²) in [6, 6.07) is 0. The van der Waals surface area contributed by atoms with Crippen molar-refractivity contribution in [2.75, 3.05) is 0 Å². The van der Waals surface area contributed by atoms with E-state index in [1.165, 1.54) is 12.8 Å². The van der Waals surface area contributed by atoms with Crippen molar-refractivity contribution >= 4 is 21.7 Å². The summed E-state index contributed by atoms with van der Waals surface area (Å²) in [5.74, 6) is 0. The van der Waals surface area contributed by atoms with Crippen LogP contribution < -0.4 is 0 Å². The summed E-state index contributed by atoms with van der Waals surface area (Å²) in [7, 11) is 0. The van der Waals surface area contributed by atoms with E-state index in [-0.39, 0.29) is 0 Å². The van der Waals surface area contributed by atoms with E-state index in [0.717, 1.165) is 0 Å². The Hall–Kier alpha value is 0.246. The van der Waals surface area contributed by atoms with Crippen molar-refractivity contribution < 1.29 is 0 Å². The first-order valence-corrected chi connectivity index (χ1v) is 4.68. The van der Waals surface area contributed by atoms with Crippen LogP contribution in [0.1, 0.15) is 26.7 Å². The minimum Gasteiger partial charge on any atom is -0.119 e. The molecule has 0 aromatic carbocycles. The molecule has 0 aromatic rings. The lowest BCUT2D eigenvalue weighted by molar-refractivity contribution is 0.734. The van der Waals surface area contributed by atoms with Gasteiger partial charge in [0.2, 0.25) is 21.7 Å². The normalized spacial score (nSPS) is 30.7. The summed E-state index contributed by atoms with van der Waals surface area (Å²) >= 11 is 2.10. The van der Waals surface area contributed by atoms with Crippen molar-refractivity contribution in [2.24, 2.45) is 0 Å². The second kappa shape index (κ2) is 3.10. The van der Waals surface area contributed by atoms with Crippen LogP contribution in [0.15, 0.2) is 23.8 Å². The Morgan fingerprint density at radius 1 is 1.50 bits per heavy atom. The zero-order valence-corrected chi connectivity index (χ0v) is 8.27. The fourth-order valence-corrected chi connectivity index (χ4v) is 1.94. The summed E-state index contributed by atoms with van der Waals surface area (Å²) in [5, 5.41) is 0. The van der Waals surface area contributed by atoms with Gasteiger partial charge in [0.25, 0.3) is 0 Å². The van der Waals surface area contributed by atoms with Gasteiger partial charge in [-0.3, -0.25) is 0 Å². The molecular formula is C9H13Mg. The number of allylic oxidation sites excluding steroid dienone is 4. The van der Waals surface area contributed by atoms with Crippen LogP contribution in [0.2, 0.25) is 3.54 Å². The van der Waals surface area contributed by atoms with Crippen LogP contribution in [0.3, 0.4) is 0 Å². The Morgan fingerprint density at radius 3 is 2.60 bits per heavy atom. The van der Waals surface area contributed by atoms with E-state index in [0.29, 0.717) is 3.54 Å². The van der Waals surface area contributed by atoms with Crippen molar-refractivity contribution in [3.05, 3.63) is 23.8 Å². The Bertz CT molecular complexity index is 179. The third kappa shape index (κ3) is 1.30. The van der Waals surface area contributed by atoms with Gasteiger partial charge in [0.1, 0.15) is 0 Å². The molecule has 1 radical (unpaired) electrons. The molecule has 0 heterocycles. The topological polar surface area (TPSA) is 0 Å². The van der Waals surface area contributed by atoms with Crippen molar-refractivity contribution in [1.82, 2.24) is 0 Å². The summed E-state index contributed by atoms with van der Waals surface area (Å²) in [5.41, 5.74) is 1.59. The summed E-state index contributed by atoms with van der Waals surface area (Å²) < 4.78 is 0.411. The van der Waals surface area contributed by atoms with Crippen LogP contribution in [0.25, 0.3) is 0 Å². The molecule has 0 saturated heterocycles. The molecule has 0 nitrogen and oxygen atoms in total. The first kappa shape index (κ1) is 8.34. The minimum atomic E-state index is 0.411. The van der Waals surface area contributed by atoms with Crippen LogP contribution in [0.5, 0.6) is 0 Å². The standard InChI is InChI=1S/C9H13.Mg/c1-3-8-6-5-7-9(8)4-2;/h5-7H,3-4H2,1-2H3;. The first-order chi connectivity index (χ1) is 4.73. The Balaban J connectivity index is 2.79. The SMILES string of the molecule is CCC1=CC=C[C]1([Mg])CC. The van der Waals surface area contributed by atoms with Crippen LogP contribution >= 0.6 is 0 Å². The van der Waals surface area contributed by atoms with Gasteiger partial charge in [-0.15, -0.1) is 9.62 Å². The lowest BCUT2D eigenvalue weighted by atomic mass is 9.96. The molecule has 1 aliphatic rings. The lowest BCUT2D eigenvalue weighted by Gasteiger charge is -2.27. The van der Waals surface area contributed by atoms with Gasteiger partial charge < -0.3 is 0 Å². The molecule has 0 aromatic heterocycles. The van der Waals surface area contributed by atoms with Gasteiger partial charge in [0, 0.05) is 0 Å². The van der Waals surface area contributed by atoms with Crippen molar-refractivity contribution in [2.45, 2.75) is 30.2 Å². The predicted octanol–water partition coefficient (Wildman–Crippen LogP) is 2.63. The maximum absolute atomic E-state index is 2.32. The van der Waals surface area contributed by atoms with Gasteiger partial charge in [-0.2, -0.15) is 0 Å². The van der Waals surface area contributed by atoms with E-state index < -0.39 is 0 Å². The number of hydrogen-bond donors (Lipinski definition) is 0. The molecule has 10 heavy (non-hydrogen) atoms. The smallest absolute Gasteiger partial charge is 0.119 e. The van der Waals surface area contributed by atoms with Crippen molar-refractivity contribution in [3.63, 3.8) is 0 Å². The van der Waals surface area contributed by atoms with Gasteiger partial charge in [0.05, 0.1) is 0 Å². The minimum absolute atomic E-state index is 0.411. The monoisotopic (exact) mass is 145 g/mol. The molecule has 1 heteroatoms. The van der Waals surface area contributed by atoms with Crippen LogP contribution in [0.4, 0.5) is 0 Å². The lowest BCUT2D eigenvalue weighted by Crippen LogP contribution is -2.08. The average molecular weight is 146 g/mol. The second-order valence-electron chi connectivity index (χ2n) is 2.91. The first-order valence-electron chi connectivity index (χ1n) is 3.97. The maximum atomic E-state index is 2.32. The Kier molecular flexibility index (Phi) is 2.58. The van der Waals surface area contributed by atoms with E-state index in [4.69, 9.17) is 0 Å². The van der Waals surface area contributed by atoms with Gasteiger partial charge in [-0.1, -0.05) is 38.0 Å². The summed E-state index contributed by atoms with van der Waals surface area (Å²) in [6.45, 7) is 4.49. The van der Waals surface area contributed by atoms with E-state index in [9.17, 15) is 0 Å². The highest BCUT2D eigenvalue weighted by atomic mass is 24.4. The molecule has 1 atom stereocenters. The molecule has 0 N–H and O–H groups in total. The largest absolute Gasteiger partial charge is 0.247 e. The molecule has 1 aliphatic carbocycles. The molecule has 0 fully saturated rings. The average Bonchev–Trinajstić information content (AvgIpc) is 2.32. The fourth-order valence-electron chi connectivity index (χ4n) is 1.44. The highest BCUT2D eigenvalue weighted by Gasteiger charge is 2.21. The van der Waals surface area contributed by atoms with Crippen LogP contribution in [0, 0.1) is 0 Å². The van der Waals surface area contributed by atoms with E-state index in [2.05, 4.69) is 53.8 Å². The third-order valence-corrected chi connectivity index (χ3v) is 3.55. The zero-order chi connectivity index (χ0) is 7.61. The van der Waals surface area contributed by atoms with Crippen LogP contribution in [-0.4, -0.2) is 21.7 Å². The van der Waals surface area contributed by atoms with E-state index >= 15 is 0 Å². The van der Waals surface area contributed by atoms with Gasteiger partial charge >= 0.3 is 0 Å². The quantitative estimate of drug-likeness (QED) is 0.524. The molecule has 0 amide bonds. The molecule has 0 bridgehead atoms. The molecule has 0 aliphatic heterocycles. The number of rotatable bonds is 2. The third-order valence-electron chi connectivity index (χ3n) is 2.36. The van der Waals surface area contributed by atoms with Crippen molar-refractivity contribution in [1.29, 1.82) is 0 Å². The Morgan fingerprint density at radius 2 is 2.20 bits per heavy atom. The maximum Gasteiger partial charge on any atom is 0.247 e. The van der Waals surface area contributed by atoms with Gasteiger partial charge in [-0.05, 0) is 6.42 Å². The molecule has 1 unspecified atom stereocenters. The zero-order valence-electron chi connectivity index (χ0n) is 6.85. The van der Waals surface area contributed by atoms with E-state index in [1.54, 1.807) is 5.57 Å². The fraction of sp³-hybridized carbons (Fsp3) is 0.556.